The largest absolute Gasteiger partial charge is 0.369 e. The normalized spacial score (nSPS) is 20.3. The lowest BCUT2D eigenvalue weighted by atomic mass is 9.90. The van der Waals surface area contributed by atoms with Gasteiger partial charge in [0, 0.05) is 81.5 Å². The topological polar surface area (TPSA) is 146 Å². The number of carbonyl (C=O) groups excluding carboxylic acids is 3. The number of piperazine rings is 1. The van der Waals surface area contributed by atoms with Crippen molar-refractivity contribution in [2.45, 2.75) is 64.3 Å². The first-order valence-corrected chi connectivity index (χ1v) is 18.5. The Labute approximate surface area is 302 Å². The maximum atomic E-state index is 13.5. The number of anilines is 4. The molecule has 1 aromatic carbocycles. The van der Waals surface area contributed by atoms with Crippen LogP contribution in [-0.2, 0) is 9.59 Å². The number of fused-ring (bicyclic) bond motifs is 1. The maximum Gasteiger partial charge on any atom is 0.263 e. The first kappa shape index (κ1) is 33.9. The van der Waals surface area contributed by atoms with Crippen molar-refractivity contribution >= 4 is 51.8 Å². The molecule has 2 N–H and O–H groups in total. The number of carbonyl (C=O) groups is 3. The van der Waals surface area contributed by atoms with Crippen molar-refractivity contribution in [3.63, 3.8) is 0 Å². The summed E-state index contributed by atoms with van der Waals surface area (Å²) in [4.78, 5) is 71.0. The molecule has 0 radical (unpaired) electrons. The number of nitrogens with one attached hydrogen (secondary N) is 2. The van der Waals surface area contributed by atoms with E-state index >= 15 is 0 Å². The Morgan fingerprint density at radius 3 is 2.29 bits per heavy atom. The van der Waals surface area contributed by atoms with Gasteiger partial charge in [0.25, 0.3) is 5.56 Å². The fraction of sp³-hybridized carbons (Fsp3) is 0.462. The molecular formula is C39H45N9O4. The van der Waals surface area contributed by atoms with E-state index in [0.717, 1.165) is 88.1 Å². The fourth-order valence-corrected chi connectivity index (χ4v) is 8.45. The molecule has 52 heavy (non-hydrogen) atoms. The predicted octanol–water partition coefficient (Wildman–Crippen LogP) is 4.33. The molecule has 1 unspecified atom stereocenters. The average Bonchev–Trinajstić information content (AvgIpc) is 3.65. The molecule has 4 fully saturated rings. The van der Waals surface area contributed by atoms with Gasteiger partial charge in [-0.15, -0.1) is 0 Å². The molecule has 1 saturated carbocycles. The van der Waals surface area contributed by atoms with Crippen LogP contribution in [0.25, 0.3) is 11.0 Å². The molecule has 6 heterocycles. The van der Waals surface area contributed by atoms with E-state index in [0.29, 0.717) is 41.7 Å². The van der Waals surface area contributed by atoms with Crippen LogP contribution in [0.15, 0.2) is 53.6 Å². The summed E-state index contributed by atoms with van der Waals surface area (Å²) >= 11 is 0. The van der Waals surface area contributed by atoms with E-state index in [9.17, 15) is 19.2 Å². The lowest BCUT2D eigenvalue weighted by Gasteiger charge is -2.45. The first-order valence-electron chi connectivity index (χ1n) is 18.5. The van der Waals surface area contributed by atoms with Gasteiger partial charge in [0.15, 0.2) is 5.78 Å². The van der Waals surface area contributed by atoms with Gasteiger partial charge in [0.1, 0.15) is 11.5 Å². The van der Waals surface area contributed by atoms with Gasteiger partial charge in [-0.1, -0.05) is 25.0 Å². The highest BCUT2D eigenvalue weighted by Crippen LogP contribution is 2.33. The number of imide groups is 1. The number of aromatic nitrogens is 4. The standard InChI is InChI=1S/C39H45N9O4/c1-24-32-20-41-39(44-36(32)48(29-5-3-4-6-29)38(52)35(24)25(2)49)42-33-13-11-30(19-40-33)47-22-26(23-47)21-45-15-17-46(18-16-45)28-9-7-27(8-10-28)31-12-14-34(50)43-37(31)51/h7-11,13,19-20,26,29,31H,3-6,12,14-18,21-23H2,1-2H3,(H,43,50,51)(H,40,41,42,44). The van der Waals surface area contributed by atoms with Crippen LogP contribution in [0, 0.1) is 12.8 Å². The van der Waals surface area contributed by atoms with Crippen molar-refractivity contribution in [1.82, 2.24) is 29.7 Å². The van der Waals surface area contributed by atoms with Crippen LogP contribution in [0.2, 0.25) is 0 Å². The zero-order valence-corrected chi connectivity index (χ0v) is 29.8. The third-order valence-corrected chi connectivity index (χ3v) is 11.3. The molecule has 4 aromatic rings. The summed E-state index contributed by atoms with van der Waals surface area (Å²) in [7, 11) is 0. The summed E-state index contributed by atoms with van der Waals surface area (Å²) in [6, 6.07) is 12.3. The summed E-state index contributed by atoms with van der Waals surface area (Å²) in [5.41, 5.74) is 4.37. The van der Waals surface area contributed by atoms with Crippen LogP contribution in [0.1, 0.15) is 78.9 Å². The minimum atomic E-state index is -0.262. The van der Waals surface area contributed by atoms with Crippen LogP contribution in [-0.4, -0.2) is 87.8 Å². The number of piperidine rings is 1. The highest BCUT2D eigenvalue weighted by molar-refractivity contribution is 6.01. The van der Waals surface area contributed by atoms with E-state index in [-0.39, 0.29) is 40.7 Å². The van der Waals surface area contributed by atoms with Crippen molar-refractivity contribution in [2.75, 3.05) is 60.9 Å². The van der Waals surface area contributed by atoms with E-state index in [1.165, 1.54) is 12.6 Å². The van der Waals surface area contributed by atoms with E-state index in [4.69, 9.17) is 4.98 Å². The Balaban J connectivity index is 0.837. The Bertz CT molecular complexity index is 2060. The molecule has 8 rings (SSSR count). The third kappa shape index (κ3) is 6.65. The van der Waals surface area contributed by atoms with E-state index in [1.54, 1.807) is 17.7 Å². The molecule has 13 nitrogen and oxygen atoms in total. The summed E-state index contributed by atoms with van der Waals surface area (Å²) in [5.74, 6) is 0.725. The number of amides is 2. The minimum absolute atomic E-state index is 0.0249. The van der Waals surface area contributed by atoms with Gasteiger partial charge in [0.2, 0.25) is 17.8 Å². The van der Waals surface area contributed by atoms with E-state index in [1.807, 2.05) is 24.4 Å². The van der Waals surface area contributed by atoms with Gasteiger partial charge in [-0.05, 0) is 68.5 Å². The van der Waals surface area contributed by atoms with E-state index in [2.05, 4.69) is 53.5 Å². The second-order valence-corrected chi connectivity index (χ2v) is 14.8. The van der Waals surface area contributed by atoms with Gasteiger partial charge in [-0.2, -0.15) is 4.98 Å². The monoisotopic (exact) mass is 703 g/mol. The minimum Gasteiger partial charge on any atom is -0.369 e. The highest BCUT2D eigenvalue weighted by atomic mass is 16.2. The van der Waals surface area contributed by atoms with Crippen molar-refractivity contribution in [3.05, 3.63) is 75.8 Å². The number of hydrogen-bond donors (Lipinski definition) is 2. The molecule has 1 atom stereocenters. The van der Waals surface area contributed by atoms with Crippen molar-refractivity contribution in [3.8, 4) is 0 Å². The molecule has 13 heteroatoms. The third-order valence-electron chi connectivity index (χ3n) is 11.3. The van der Waals surface area contributed by atoms with Crippen molar-refractivity contribution in [2.24, 2.45) is 5.92 Å². The molecule has 4 aliphatic rings. The second kappa shape index (κ2) is 14.1. The number of rotatable bonds is 9. The summed E-state index contributed by atoms with van der Waals surface area (Å²) in [6.45, 7) is 10.2. The number of ketones is 1. The molecule has 0 spiro atoms. The number of aryl methyl sites for hydroxylation is 1. The van der Waals surface area contributed by atoms with Crippen LogP contribution in [0.3, 0.4) is 0 Å². The molecule has 0 bridgehead atoms. The zero-order valence-electron chi connectivity index (χ0n) is 29.8. The quantitative estimate of drug-likeness (QED) is 0.190. The van der Waals surface area contributed by atoms with Crippen LogP contribution < -0.4 is 26.0 Å². The number of nitrogens with zero attached hydrogens (tertiary/aromatic N) is 7. The average molecular weight is 704 g/mol. The number of pyridine rings is 2. The molecular weight excluding hydrogens is 658 g/mol. The van der Waals surface area contributed by atoms with Gasteiger partial charge >= 0.3 is 0 Å². The Morgan fingerprint density at radius 1 is 0.885 bits per heavy atom. The lowest BCUT2D eigenvalue weighted by Crippen LogP contribution is -2.55. The Morgan fingerprint density at radius 2 is 1.62 bits per heavy atom. The van der Waals surface area contributed by atoms with Crippen LogP contribution >= 0.6 is 0 Å². The predicted molar refractivity (Wildman–Crippen MR) is 199 cm³/mol. The molecule has 270 valence electrons. The maximum absolute atomic E-state index is 13.5. The summed E-state index contributed by atoms with van der Waals surface area (Å²) < 4.78 is 1.72. The summed E-state index contributed by atoms with van der Waals surface area (Å²) in [5, 5.41) is 6.39. The van der Waals surface area contributed by atoms with Gasteiger partial charge in [-0.25, -0.2) is 9.97 Å². The lowest BCUT2D eigenvalue weighted by molar-refractivity contribution is -0.134. The summed E-state index contributed by atoms with van der Waals surface area (Å²) in [6.07, 6.45) is 8.43. The highest BCUT2D eigenvalue weighted by Gasteiger charge is 2.31. The Kier molecular flexibility index (Phi) is 9.20. The number of hydrogen-bond acceptors (Lipinski definition) is 11. The molecule has 1 aliphatic carbocycles. The number of Topliss-reactive ketones (excluding diaryl/α,β-unsaturated/α-hetero) is 1. The van der Waals surface area contributed by atoms with Crippen molar-refractivity contribution in [1.29, 1.82) is 0 Å². The number of benzene rings is 1. The SMILES string of the molecule is CC(=O)c1c(C)c2cnc(Nc3ccc(N4CC(CN5CCN(c6ccc(C7CCC(=O)NC7=O)cc6)CC5)C4)cn3)nc2n(C2CCCC2)c1=O. The van der Waals surface area contributed by atoms with Crippen LogP contribution in [0.4, 0.5) is 23.1 Å². The molecule has 2 amide bonds. The van der Waals surface area contributed by atoms with Gasteiger partial charge < -0.3 is 15.1 Å². The molecule has 3 aromatic heterocycles. The zero-order chi connectivity index (χ0) is 35.9. The van der Waals surface area contributed by atoms with Gasteiger partial charge in [0.05, 0.1) is 23.4 Å². The Hall–Kier alpha value is -5.17. The second-order valence-electron chi connectivity index (χ2n) is 14.8. The van der Waals surface area contributed by atoms with Crippen LogP contribution in [0.5, 0.6) is 0 Å². The van der Waals surface area contributed by atoms with E-state index < -0.39 is 0 Å². The molecule has 3 aliphatic heterocycles. The fourth-order valence-electron chi connectivity index (χ4n) is 8.45. The first-order chi connectivity index (χ1) is 25.2. The van der Waals surface area contributed by atoms with Crippen molar-refractivity contribution < 1.29 is 14.4 Å². The smallest absolute Gasteiger partial charge is 0.263 e. The van der Waals surface area contributed by atoms with Gasteiger partial charge in [-0.3, -0.25) is 34.0 Å². The molecule has 3 saturated heterocycles.